The molecule has 0 heterocycles. The number of carboxylic acid groups (broad SMARTS) is 1. The van der Waals surface area contributed by atoms with Gasteiger partial charge in [-0.25, -0.2) is 0 Å². The molecule has 0 aliphatic heterocycles. The molecule has 0 radical (unpaired) electrons. The molecule has 0 amide bonds. The zero-order chi connectivity index (χ0) is 7.65. The van der Waals surface area contributed by atoms with Crippen LogP contribution in [0, 0.1) is 0 Å². The Balaban J connectivity index is 4.38. The van der Waals surface area contributed by atoms with E-state index in [4.69, 9.17) is 5.11 Å². The van der Waals surface area contributed by atoms with Crippen molar-refractivity contribution in [1.29, 1.82) is 0 Å². The average Bonchev–Trinajstić information content (AvgIpc) is 1.65. The van der Waals surface area contributed by atoms with Crippen molar-refractivity contribution in [1.82, 2.24) is 0 Å². The highest BCUT2D eigenvalue weighted by molar-refractivity contribution is 7.86. The van der Waals surface area contributed by atoms with Gasteiger partial charge in [0.2, 0.25) is 0 Å². The lowest BCUT2D eigenvalue weighted by atomic mass is 10.2. The number of hydrogen-bond donors (Lipinski definition) is 1. The summed E-state index contributed by atoms with van der Waals surface area (Å²) in [6.45, 7) is 2.87. The van der Waals surface area contributed by atoms with E-state index in [-0.39, 0.29) is 0 Å². The number of carbonyl (C=O) groups is 1. The van der Waals surface area contributed by atoms with E-state index in [1.165, 1.54) is 20.1 Å². The number of carboxylic acids is 1. The Morgan fingerprint density at radius 1 is 1.56 bits per heavy atom. The molecule has 0 aromatic heterocycles. The lowest BCUT2D eigenvalue weighted by Gasteiger charge is -2.14. The van der Waals surface area contributed by atoms with Crippen LogP contribution in [0.15, 0.2) is 0 Å². The summed E-state index contributed by atoms with van der Waals surface area (Å²) in [4.78, 5) is 10.3. The van der Waals surface area contributed by atoms with Crippen LogP contribution in [0.1, 0.15) is 13.8 Å². The summed E-state index contributed by atoms with van der Waals surface area (Å²) in [5.41, 5.74) is 0. The third kappa shape index (κ3) is 1.78. The van der Waals surface area contributed by atoms with Gasteiger partial charge in [0.25, 0.3) is 0 Å². The van der Waals surface area contributed by atoms with Crippen LogP contribution < -0.4 is 0 Å². The highest BCUT2D eigenvalue weighted by Crippen LogP contribution is 2.09. The van der Waals surface area contributed by atoms with Crippen molar-refractivity contribution in [2.45, 2.75) is 18.6 Å². The molecule has 3 nitrogen and oxygen atoms in total. The molecule has 0 aromatic rings. The van der Waals surface area contributed by atoms with Crippen molar-refractivity contribution in [3.05, 3.63) is 0 Å². The molecule has 0 bridgehead atoms. The Bertz CT molecular complexity index is 134. The first-order valence-corrected chi connectivity index (χ1v) is 4.01. The topological polar surface area (TPSA) is 54.4 Å². The summed E-state index contributed by atoms with van der Waals surface area (Å²) in [6.07, 6.45) is 1.38. The molecule has 1 unspecified atom stereocenters. The smallest absolute Gasteiger partial charge is 0.321 e. The van der Waals surface area contributed by atoms with Crippen LogP contribution in [0.4, 0.5) is 0 Å². The fourth-order valence-electron chi connectivity index (χ4n) is 0.123. The quantitative estimate of drug-likeness (QED) is 0.613. The molecule has 0 rings (SSSR count). The molecular weight excluding hydrogens is 140 g/mol. The van der Waals surface area contributed by atoms with E-state index >= 15 is 0 Å². The Kier molecular flexibility index (Phi) is 2.37. The first kappa shape index (κ1) is 8.62. The molecule has 4 heteroatoms. The Morgan fingerprint density at radius 3 is 1.89 bits per heavy atom. The Morgan fingerprint density at radius 2 is 1.89 bits per heavy atom. The van der Waals surface area contributed by atoms with Crippen LogP contribution in [0.2, 0.25) is 0 Å². The monoisotopic (exact) mass is 150 g/mol. The Labute approximate surface area is 56.5 Å². The molecule has 0 saturated heterocycles. The van der Waals surface area contributed by atoms with Crippen LogP contribution >= 0.6 is 0 Å². The van der Waals surface area contributed by atoms with Gasteiger partial charge in [0.15, 0.2) is 0 Å². The zero-order valence-corrected chi connectivity index (χ0v) is 6.49. The van der Waals surface area contributed by atoms with Crippen LogP contribution in [-0.2, 0) is 15.6 Å². The number of hydrogen-bond acceptors (Lipinski definition) is 2. The van der Waals surface area contributed by atoms with Crippen molar-refractivity contribution in [2.75, 3.05) is 6.26 Å². The van der Waals surface area contributed by atoms with Gasteiger partial charge in [0.05, 0.1) is 0 Å². The predicted molar refractivity (Wildman–Crippen MR) is 35.8 cm³/mol. The molecule has 0 fully saturated rings. The molecule has 0 aromatic carbocycles. The lowest BCUT2D eigenvalue weighted by Crippen LogP contribution is -2.35. The second-order valence-corrected chi connectivity index (χ2v) is 4.20. The van der Waals surface area contributed by atoms with E-state index in [1.54, 1.807) is 0 Å². The minimum absolute atomic E-state index is 1.02. The highest BCUT2D eigenvalue weighted by atomic mass is 32.2. The molecule has 1 atom stereocenters. The third-order valence-corrected chi connectivity index (χ3v) is 2.85. The van der Waals surface area contributed by atoms with E-state index in [2.05, 4.69) is 0 Å². The maximum atomic E-state index is 10.6. The zero-order valence-electron chi connectivity index (χ0n) is 5.67. The third-order valence-electron chi connectivity index (χ3n) is 1.23. The van der Waals surface area contributed by atoms with Crippen LogP contribution in [0.25, 0.3) is 0 Å². The highest BCUT2D eigenvalue weighted by Gasteiger charge is 2.31. The normalized spacial score (nSPS) is 15.0. The molecule has 0 spiro atoms. The summed E-state index contributed by atoms with van der Waals surface area (Å²) >= 11 is 0. The van der Waals surface area contributed by atoms with Crippen molar-refractivity contribution in [3.8, 4) is 0 Å². The van der Waals surface area contributed by atoms with Gasteiger partial charge in [0.1, 0.15) is 4.75 Å². The van der Waals surface area contributed by atoms with Crippen molar-refractivity contribution >= 4 is 16.8 Å². The SMILES string of the molecule is CS(=O)C(C)(C)C(=O)O. The average molecular weight is 150 g/mol. The lowest BCUT2D eigenvalue weighted by molar-refractivity contribution is -0.139. The van der Waals surface area contributed by atoms with Gasteiger partial charge in [-0.3, -0.25) is 9.00 Å². The van der Waals surface area contributed by atoms with Crippen molar-refractivity contribution in [3.63, 3.8) is 0 Å². The minimum atomic E-state index is -1.31. The second-order valence-electron chi connectivity index (χ2n) is 2.27. The molecule has 9 heavy (non-hydrogen) atoms. The standard InChI is InChI=1S/C5H10O3S/c1-5(2,4(6)7)9(3)8/h1-3H3,(H,6,7). The van der Waals surface area contributed by atoms with Gasteiger partial charge in [-0.2, -0.15) is 0 Å². The summed E-state index contributed by atoms with van der Waals surface area (Å²) in [5.74, 6) is -1.02. The van der Waals surface area contributed by atoms with E-state index < -0.39 is 21.5 Å². The molecule has 54 valence electrons. The fraction of sp³-hybridized carbons (Fsp3) is 0.800. The molecular formula is C5H10O3S. The van der Waals surface area contributed by atoms with Gasteiger partial charge in [0, 0.05) is 17.1 Å². The van der Waals surface area contributed by atoms with Crippen molar-refractivity contribution < 1.29 is 14.1 Å². The predicted octanol–water partition coefficient (Wildman–Crippen LogP) is 0.228. The van der Waals surface area contributed by atoms with Gasteiger partial charge in [-0.05, 0) is 13.8 Å². The second kappa shape index (κ2) is 2.47. The first-order chi connectivity index (χ1) is 3.89. The van der Waals surface area contributed by atoms with E-state index in [0.717, 1.165) is 0 Å². The first-order valence-electron chi connectivity index (χ1n) is 2.46. The van der Waals surface area contributed by atoms with E-state index in [0.29, 0.717) is 0 Å². The molecule has 0 aliphatic carbocycles. The van der Waals surface area contributed by atoms with Crippen molar-refractivity contribution in [2.24, 2.45) is 0 Å². The summed E-state index contributed by atoms with van der Waals surface area (Å²) < 4.78 is 9.53. The molecule has 0 aliphatic rings. The molecule has 0 saturated carbocycles. The minimum Gasteiger partial charge on any atom is -0.480 e. The summed E-state index contributed by atoms with van der Waals surface area (Å²) in [6, 6.07) is 0. The van der Waals surface area contributed by atoms with Gasteiger partial charge in [-0.1, -0.05) is 0 Å². The maximum absolute atomic E-state index is 10.6. The largest absolute Gasteiger partial charge is 0.480 e. The van der Waals surface area contributed by atoms with Crippen LogP contribution in [0.5, 0.6) is 0 Å². The maximum Gasteiger partial charge on any atom is 0.321 e. The van der Waals surface area contributed by atoms with E-state index in [9.17, 15) is 9.00 Å². The summed E-state index contributed by atoms with van der Waals surface area (Å²) in [5, 5.41) is 8.42. The van der Waals surface area contributed by atoms with E-state index in [1.807, 2.05) is 0 Å². The summed E-state index contributed by atoms with van der Waals surface area (Å²) in [7, 11) is -1.31. The van der Waals surface area contributed by atoms with Gasteiger partial charge in [-0.15, -0.1) is 0 Å². The fourth-order valence-corrected chi connectivity index (χ4v) is 0.369. The number of aliphatic carboxylic acids is 1. The van der Waals surface area contributed by atoms with Gasteiger partial charge >= 0.3 is 5.97 Å². The molecule has 1 N–H and O–H groups in total. The van der Waals surface area contributed by atoms with Crippen LogP contribution in [0.3, 0.4) is 0 Å². The number of rotatable bonds is 2. The van der Waals surface area contributed by atoms with Crippen LogP contribution in [-0.4, -0.2) is 26.3 Å². The Hall–Kier alpha value is -0.380. The van der Waals surface area contributed by atoms with Gasteiger partial charge < -0.3 is 5.11 Å².